The highest BCUT2D eigenvalue weighted by atomic mass is 19.1. The third-order valence-electron chi connectivity index (χ3n) is 4.68. The van der Waals surface area contributed by atoms with Crippen LogP contribution in [0, 0.1) is 5.82 Å². The fourth-order valence-electron chi connectivity index (χ4n) is 3.25. The molecule has 0 radical (unpaired) electrons. The third-order valence-corrected chi connectivity index (χ3v) is 4.68. The molecule has 144 valence electrons. The summed E-state index contributed by atoms with van der Waals surface area (Å²) >= 11 is 0. The summed E-state index contributed by atoms with van der Waals surface area (Å²) in [5, 5.41) is 2.71. The molecule has 0 saturated carbocycles. The summed E-state index contributed by atoms with van der Waals surface area (Å²) < 4.78 is 25.6. The quantitative estimate of drug-likeness (QED) is 0.545. The van der Waals surface area contributed by atoms with Gasteiger partial charge in [-0.2, -0.15) is 0 Å². The lowest BCUT2D eigenvalue weighted by Gasteiger charge is -2.18. The van der Waals surface area contributed by atoms with Crippen LogP contribution in [0.3, 0.4) is 0 Å². The van der Waals surface area contributed by atoms with E-state index >= 15 is 0 Å². The van der Waals surface area contributed by atoms with E-state index in [4.69, 9.17) is 9.47 Å². The number of H-pyrrole nitrogens is 1. The van der Waals surface area contributed by atoms with Gasteiger partial charge in [-0.25, -0.2) is 9.37 Å². The SMILES string of the molecule is O=C(Nc1ccc(-c2nc3ccccc3[nH]2)c(F)c1)c1ccc2c(c1)OCCO2. The smallest absolute Gasteiger partial charge is 0.255 e. The van der Waals surface area contributed by atoms with Crippen molar-refractivity contribution >= 4 is 22.6 Å². The van der Waals surface area contributed by atoms with Crippen molar-refractivity contribution in [2.75, 3.05) is 18.5 Å². The lowest BCUT2D eigenvalue weighted by molar-refractivity contribution is 0.102. The number of aromatic nitrogens is 2. The van der Waals surface area contributed by atoms with Gasteiger partial charge in [-0.15, -0.1) is 0 Å². The Bertz CT molecular complexity index is 1200. The fraction of sp³-hybridized carbons (Fsp3) is 0.0909. The first-order valence-electron chi connectivity index (χ1n) is 9.13. The minimum Gasteiger partial charge on any atom is -0.486 e. The number of hydrogen-bond acceptors (Lipinski definition) is 4. The Labute approximate surface area is 165 Å². The van der Waals surface area contributed by atoms with Crippen LogP contribution in [0.5, 0.6) is 11.5 Å². The number of aromatic amines is 1. The first-order valence-corrected chi connectivity index (χ1v) is 9.13. The number of amides is 1. The first-order chi connectivity index (χ1) is 14.2. The third kappa shape index (κ3) is 3.27. The number of halogens is 1. The fourth-order valence-corrected chi connectivity index (χ4v) is 3.25. The van der Waals surface area contributed by atoms with Gasteiger partial charge in [0.25, 0.3) is 5.91 Å². The number of hydrogen-bond donors (Lipinski definition) is 2. The summed E-state index contributed by atoms with van der Waals surface area (Å²) in [6.07, 6.45) is 0. The van der Waals surface area contributed by atoms with Crippen LogP contribution >= 0.6 is 0 Å². The van der Waals surface area contributed by atoms with Gasteiger partial charge < -0.3 is 19.8 Å². The molecule has 0 bridgehead atoms. The Morgan fingerprint density at radius 3 is 2.66 bits per heavy atom. The van der Waals surface area contributed by atoms with Crippen LogP contribution in [0.25, 0.3) is 22.4 Å². The molecule has 0 saturated heterocycles. The molecule has 2 N–H and O–H groups in total. The van der Waals surface area contributed by atoms with Crippen LogP contribution in [0.4, 0.5) is 10.1 Å². The molecule has 7 heteroatoms. The summed E-state index contributed by atoms with van der Waals surface area (Å²) in [4.78, 5) is 20.1. The predicted molar refractivity (Wildman–Crippen MR) is 107 cm³/mol. The molecule has 5 rings (SSSR count). The maximum atomic E-state index is 14.7. The number of rotatable bonds is 3. The van der Waals surface area contributed by atoms with Gasteiger partial charge in [0.2, 0.25) is 0 Å². The van der Waals surface area contributed by atoms with Crippen LogP contribution in [0.1, 0.15) is 10.4 Å². The van der Waals surface area contributed by atoms with E-state index in [1.54, 1.807) is 30.3 Å². The van der Waals surface area contributed by atoms with Gasteiger partial charge in [0.15, 0.2) is 11.5 Å². The van der Waals surface area contributed by atoms with Crippen molar-refractivity contribution in [1.82, 2.24) is 9.97 Å². The van der Waals surface area contributed by atoms with Crippen LogP contribution in [-0.2, 0) is 0 Å². The summed E-state index contributed by atoms with van der Waals surface area (Å²) in [6, 6.07) is 16.9. The van der Waals surface area contributed by atoms with E-state index in [1.807, 2.05) is 24.3 Å². The van der Waals surface area contributed by atoms with Crippen LogP contribution in [-0.4, -0.2) is 29.1 Å². The van der Waals surface area contributed by atoms with Crippen molar-refractivity contribution in [2.24, 2.45) is 0 Å². The summed E-state index contributed by atoms with van der Waals surface area (Å²) in [6.45, 7) is 0.919. The minimum absolute atomic E-state index is 0.332. The van der Waals surface area contributed by atoms with E-state index < -0.39 is 5.82 Å². The number of ether oxygens (including phenoxy) is 2. The number of benzene rings is 3. The highest BCUT2D eigenvalue weighted by molar-refractivity contribution is 6.04. The zero-order valence-corrected chi connectivity index (χ0v) is 15.2. The number of para-hydroxylation sites is 2. The lowest BCUT2D eigenvalue weighted by Crippen LogP contribution is -2.17. The number of nitrogens with zero attached hydrogens (tertiary/aromatic N) is 1. The van der Waals surface area contributed by atoms with E-state index in [1.165, 1.54) is 6.07 Å². The van der Waals surface area contributed by atoms with Crippen molar-refractivity contribution in [3.05, 3.63) is 72.0 Å². The molecule has 1 aliphatic rings. The summed E-state index contributed by atoms with van der Waals surface area (Å²) in [7, 11) is 0. The monoisotopic (exact) mass is 389 g/mol. The Balaban J connectivity index is 1.38. The molecule has 3 aromatic carbocycles. The zero-order chi connectivity index (χ0) is 19.8. The number of nitrogens with one attached hydrogen (secondary N) is 2. The van der Waals surface area contributed by atoms with Gasteiger partial charge in [-0.1, -0.05) is 12.1 Å². The van der Waals surface area contributed by atoms with E-state index in [-0.39, 0.29) is 5.91 Å². The number of carbonyl (C=O) groups is 1. The molecule has 1 aromatic heterocycles. The molecule has 1 aliphatic heterocycles. The number of carbonyl (C=O) groups excluding carboxylic acids is 1. The van der Waals surface area contributed by atoms with Gasteiger partial charge >= 0.3 is 0 Å². The second-order valence-corrected chi connectivity index (χ2v) is 6.61. The maximum Gasteiger partial charge on any atom is 0.255 e. The molecular formula is C22H16FN3O3. The van der Waals surface area contributed by atoms with Gasteiger partial charge in [0.1, 0.15) is 24.9 Å². The molecule has 6 nitrogen and oxygen atoms in total. The normalized spacial score (nSPS) is 12.7. The lowest BCUT2D eigenvalue weighted by atomic mass is 10.1. The van der Waals surface area contributed by atoms with E-state index in [2.05, 4.69) is 15.3 Å². The molecule has 0 aliphatic carbocycles. The molecule has 2 heterocycles. The first kappa shape index (κ1) is 17.2. The highest BCUT2D eigenvalue weighted by Gasteiger charge is 2.16. The number of anilines is 1. The summed E-state index contributed by atoms with van der Waals surface area (Å²) in [5.41, 5.74) is 2.67. The number of fused-ring (bicyclic) bond motifs is 2. The molecule has 29 heavy (non-hydrogen) atoms. The van der Waals surface area contributed by atoms with Crippen LogP contribution in [0.2, 0.25) is 0 Å². The van der Waals surface area contributed by atoms with E-state index in [0.717, 1.165) is 11.0 Å². The van der Waals surface area contributed by atoms with Crippen molar-refractivity contribution in [3.8, 4) is 22.9 Å². The van der Waals surface area contributed by atoms with Crippen LogP contribution in [0.15, 0.2) is 60.7 Å². The maximum absolute atomic E-state index is 14.7. The van der Waals surface area contributed by atoms with E-state index in [0.29, 0.717) is 47.4 Å². The molecule has 4 aromatic rings. The van der Waals surface area contributed by atoms with Gasteiger partial charge in [0.05, 0.1) is 16.6 Å². The van der Waals surface area contributed by atoms with Crippen molar-refractivity contribution in [2.45, 2.75) is 0 Å². The van der Waals surface area contributed by atoms with Gasteiger partial charge in [-0.3, -0.25) is 4.79 Å². The molecule has 0 fully saturated rings. The predicted octanol–water partition coefficient (Wildman–Crippen LogP) is 4.39. The Morgan fingerprint density at radius 1 is 1.00 bits per heavy atom. The molecule has 0 atom stereocenters. The zero-order valence-electron chi connectivity index (χ0n) is 15.2. The highest BCUT2D eigenvalue weighted by Crippen LogP contribution is 2.31. The van der Waals surface area contributed by atoms with E-state index in [9.17, 15) is 9.18 Å². The molecular weight excluding hydrogens is 373 g/mol. The number of imidazole rings is 1. The molecule has 0 spiro atoms. The van der Waals surface area contributed by atoms with Crippen LogP contribution < -0.4 is 14.8 Å². The van der Waals surface area contributed by atoms with Crippen molar-refractivity contribution in [1.29, 1.82) is 0 Å². The molecule has 0 unspecified atom stereocenters. The Kier molecular flexibility index (Phi) is 4.13. The largest absolute Gasteiger partial charge is 0.486 e. The Morgan fingerprint density at radius 2 is 1.83 bits per heavy atom. The van der Waals surface area contributed by atoms with Gasteiger partial charge in [0, 0.05) is 11.3 Å². The second kappa shape index (κ2) is 6.94. The van der Waals surface area contributed by atoms with Gasteiger partial charge in [-0.05, 0) is 48.5 Å². The minimum atomic E-state index is -0.482. The van der Waals surface area contributed by atoms with Crippen molar-refractivity contribution in [3.63, 3.8) is 0 Å². The standard InChI is InChI=1S/C22H16FN3O3/c23-16-12-14(6-7-15(16)21-25-17-3-1-2-4-18(17)26-21)24-22(27)13-5-8-19-20(11-13)29-10-9-28-19/h1-8,11-12H,9-10H2,(H,24,27)(H,25,26). The second-order valence-electron chi connectivity index (χ2n) is 6.61. The summed E-state index contributed by atoms with van der Waals surface area (Å²) in [5.74, 6) is 0.722. The average molecular weight is 389 g/mol. The van der Waals surface area contributed by atoms with Crippen molar-refractivity contribution < 1.29 is 18.7 Å². The average Bonchev–Trinajstić information content (AvgIpc) is 3.17. The topological polar surface area (TPSA) is 76.2 Å². The Hall–Kier alpha value is -3.87. The molecule has 1 amide bonds.